The molecule has 7 rings (SSSR count). The zero-order chi connectivity index (χ0) is 24.3. The molecular formula is C30H29N5O. The molecule has 2 fully saturated rings. The summed E-state index contributed by atoms with van der Waals surface area (Å²) < 4.78 is 0. The van der Waals surface area contributed by atoms with Crippen molar-refractivity contribution in [3.8, 4) is 0 Å². The number of aromatic nitrogens is 2. The summed E-state index contributed by atoms with van der Waals surface area (Å²) in [5.74, 6) is 0.419. The summed E-state index contributed by atoms with van der Waals surface area (Å²) in [6.45, 7) is 4.18. The number of aromatic amines is 1. The van der Waals surface area contributed by atoms with E-state index in [0.29, 0.717) is 0 Å². The number of likely N-dealkylation sites (N-methyl/N-ethyl adjacent to an activating group) is 1. The number of rotatable bonds is 4. The maximum Gasteiger partial charge on any atom is 0.238 e. The quantitative estimate of drug-likeness (QED) is 0.455. The van der Waals surface area contributed by atoms with Crippen molar-refractivity contribution in [1.29, 1.82) is 0 Å². The van der Waals surface area contributed by atoms with E-state index in [1.807, 2.05) is 30.1 Å². The summed E-state index contributed by atoms with van der Waals surface area (Å²) in [5.41, 5.74) is 7.37. The summed E-state index contributed by atoms with van der Waals surface area (Å²) in [7, 11) is 1.89. The van der Waals surface area contributed by atoms with E-state index in [4.69, 9.17) is 0 Å². The number of amides is 1. The van der Waals surface area contributed by atoms with Crippen molar-refractivity contribution in [3.63, 3.8) is 0 Å². The molecule has 0 bridgehead atoms. The zero-order valence-electron chi connectivity index (χ0n) is 20.4. The predicted molar refractivity (Wildman–Crippen MR) is 145 cm³/mol. The number of piperazine rings is 1. The Hall–Kier alpha value is -3.90. The Labute approximate surface area is 210 Å². The highest BCUT2D eigenvalue weighted by molar-refractivity contribution is 6.11. The SMILES string of the molecule is CN1C(=O)[C@@]2(CC2c2ccc3c(C=Cc4ccc(N5CCNCC5)cc4)n[nH]c3c2)c2ccccc21. The van der Waals surface area contributed by atoms with Gasteiger partial charge in [0, 0.05) is 55.9 Å². The molecule has 2 aliphatic heterocycles. The first kappa shape index (κ1) is 21.4. The van der Waals surface area contributed by atoms with Gasteiger partial charge in [0.25, 0.3) is 0 Å². The van der Waals surface area contributed by atoms with Gasteiger partial charge in [-0.1, -0.05) is 48.5 Å². The van der Waals surface area contributed by atoms with Crippen LogP contribution in [0.2, 0.25) is 0 Å². The molecule has 3 aromatic carbocycles. The Balaban J connectivity index is 1.12. The van der Waals surface area contributed by atoms with Gasteiger partial charge in [-0.25, -0.2) is 0 Å². The van der Waals surface area contributed by atoms with Crippen molar-refractivity contribution >= 4 is 40.3 Å². The van der Waals surface area contributed by atoms with Gasteiger partial charge in [0.05, 0.1) is 16.6 Å². The normalized spacial score (nSPS) is 23.2. The summed E-state index contributed by atoms with van der Waals surface area (Å²) >= 11 is 0. The molecule has 3 aliphatic rings. The smallest absolute Gasteiger partial charge is 0.238 e. The molecule has 3 heterocycles. The van der Waals surface area contributed by atoms with E-state index < -0.39 is 5.41 Å². The Morgan fingerprint density at radius 1 is 1.00 bits per heavy atom. The van der Waals surface area contributed by atoms with Crippen LogP contribution in [0.3, 0.4) is 0 Å². The molecule has 1 saturated carbocycles. The summed E-state index contributed by atoms with van der Waals surface area (Å²) in [6, 6.07) is 23.4. The van der Waals surface area contributed by atoms with Crippen molar-refractivity contribution in [2.24, 2.45) is 0 Å². The third kappa shape index (κ3) is 3.21. The highest BCUT2D eigenvalue weighted by Gasteiger charge is 2.66. The van der Waals surface area contributed by atoms with Gasteiger partial charge in [-0.3, -0.25) is 9.89 Å². The predicted octanol–water partition coefficient (Wildman–Crippen LogP) is 4.54. The number of benzene rings is 3. The van der Waals surface area contributed by atoms with Gasteiger partial charge in [0.2, 0.25) is 5.91 Å². The summed E-state index contributed by atoms with van der Waals surface area (Å²) in [6.07, 6.45) is 5.05. The van der Waals surface area contributed by atoms with Crippen LogP contribution in [0.5, 0.6) is 0 Å². The number of para-hydroxylation sites is 1. The van der Waals surface area contributed by atoms with Crippen LogP contribution >= 0.6 is 0 Å². The number of carbonyl (C=O) groups is 1. The lowest BCUT2D eigenvalue weighted by atomic mass is 9.92. The highest BCUT2D eigenvalue weighted by Crippen LogP contribution is 2.66. The lowest BCUT2D eigenvalue weighted by molar-refractivity contribution is -0.120. The number of carbonyl (C=O) groups excluding carboxylic acids is 1. The molecule has 2 N–H and O–H groups in total. The minimum absolute atomic E-state index is 0.206. The fourth-order valence-corrected chi connectivity index (χ4v) is 6.16. The summed E-state index contributed by atoms with van der Waals surface area (Å²) in [5, 5.41) is 12.3. The van der Waals surface area contributed by atoms with Gasteiger partial charge in [-0.2, -0.15) is 5.10 Å². The molecule has 1 unspecified atom stereocenters. The molecule has 1 saturated heterocycles. The van der Waals surface area contributed by atoms with E-state index in [2.05, 4.69) is 81.1 Å². The van der Waals surface area contributed by atoms with Gasteiger partial charge in [-0.15, -0.1) is 0 Å². The molecule has 1 amide bonds. The number of nitrogens with one attached hydrogen (secondary N) is 2. The Kier molecular flexibility index (Phi) is 4.79. The largest absolute Gasteiger partial charge is 0.369 e. The van der Waals surface area contributed by atoms with Crippen molar-refractivity contribution in [2.45, 2.75) is 17.8 Å². The van der Waals surface area contributed by atoms with Crippen LogP contribution < -0.4 is 15.1 Å². The fourth-order valence-electron chi connectivity index (χ4n) is 6.16. The molecular weight excluding hydrogens is 446 g/mol. The van der Waals surface area contributed by atoms with E-state index in [1.165, 1.54) is 16.8 Å². The molecule has 1 aliphatic carbocycles. The average molecular weight is 476 g/mol. The number of nitrogens with zero attached hydrogens (tertiary/aromatic N) is 3. The standard InChI is InChI=1S/C30H29N5O/c1-34-28-5-3-2-4-24(28)30(29(34)36)19-25(30)21-9-12-23-26(32-33-27(23)18-21)13-8-20-6-10-22(11-7-20)35-16-14-31-15-17-35/h2-13,18,25,31H,14-17,19H2,1H3,(H,32,33)/t25?,30-/m0/s1. The van der Waals surface area contributed by atoms with Crippen LogP contribution in [0, 0.1) is 0 Å². The second-order valence-corrected chi connectivity index (χ2v) is 10.2. The molecule has 2 atom stereocenters. The van der Waals surface area contributed by atoms with Crippen molar-refractivity contribution in [2.75, 3.05) is 43.0 Å². The minimum atomic E-state index is -0.404. The van der Waals surface area contributed by atoms with Crippen LogP contribution in [0.25, 0.3) is 23.1 Å². The maximum absolute atomic E-state index is 13.2. The van der Waals surface area contributed by atoms with Gasteiger partial charge >= 0.3 is 0 Å². The van der Waals surface area contributed by atoms with Gasteiger partial charge in [-0.05, 0) is 53.5 Å². The Morgan fingerprint density at radius 3 is 2.64 bits per heavy atom. The Morgan fingerprint density at radius 2 is 1.81 bits per heavy atom. The first-order valence-electron chi connectivity index (χ1n) is 12.7. The van der Waals surface area contributed by atoms with Crippen molar-refractivity contribution in [3.05, 3.63) is 89.1 Å². The van der Waals surface area contributed by atoms with Gasteiger partial charge < -0.3 is 15.1 Å². The van der Waals surface area contributed by atoms with Crippen LogP contribution in [-0.4, -0.2) is 49.3 Å². The minimum Gasteiger partial charge on any atom is -0.369 e. The second-order valence-electron chi connectivity index (χ2n) is 10.2. The number of anilines is 2. The lowest BCUT2D eigenvalue weighted by Gasteiger charge is -2.29. The van der Waals surface area contributed by atoms with Crippen molar-refractivity contribution in [1.82, 2.24) is 15.5 Å². The fraction of sp³-hybridized carbons (Fsp3) is 0.267. The third-order valence-corrected chi connectivity index (χ3v) is 8.22. The molecule has 6 nitrogen and oxygen atoms in total. The van der Waals surface area contributed by atoms with E-state index in [0.717, 1.165) is 60.4 Å². The van der Waals surface area contributed by atoms with Gasteiger partial charge in [0.1, 0.15) is 0 Å². The van der Waals surface area contributed by atoms with E-state index >= 15 is 0 Å². The van der Waals surface area contributed by atoms with Crippen LogP contribution in [-0.2, 0) is 10.2 Å². The van der Waals surface area contributed by atoms with E-state index in [9.17, 15) is 4.79 Å². The zero-order valence-corrected chi connectivity index (χ0v) is 20.4. The second kappa shape index (κ2) is 8.07. The first-order valence-corrected chi connectivity index (χ1v) is 12.7. The number of H-pyrrole nitrogens is 1. The summed E-state index contributed by atoms with van der Waals surface area (Å²) in [4.78, 5) is 17.5. The highest BCUT2D eigenvalue weighted by atomic mass is 16.2. The lowest BCUT2D eigenvalue weighted by Crippen LogP contribution is -2.43. The molecule has 1 aromatic heterocycles. The van der Waals surface area contributed by atoms with Gasteiger partial charge in [0.15, 0.2) is 0 Å². The molecule has 36 heavy (non-hydrogen) atoms. The third-order valence-electron chi connectivity index (χ3n) is 8.22. The maximum atomic E-state index is 13.2. The number of hydrogen-bond acceptors (Lipinski definition) is 4. The molecule has 6 heteroatoms. The monoisotopic (exact) mass is 475 g/mol. The van der Waals surface area contributed by atoms with Crippen molar-refractivity contribution < 1.29 is 4.79 Å². The average Bonchev–Trinajstić information content (AvgIpc) is 3.51. The Bertz CT molecular complexity index is 1500. The molecule has 180 valence electrons. The van der Waals surface area contributed by atoms with E-state index in [-0.39, 0.29) is 11.8 Å². The molecule has 4 aromatic rings. The van der Waals surface area contributed by atoms with Crippen LogP contribution in [0.1, 0.15) is 34.7 Å². The number of fused-ring (bicyclic) bond motifs is 3. The molecule has 1 spiro atoms. The van der Waals surface area contributed by atoms with Crippen LogP contribution in [0.15, 0.2) is 66.7 Å². The van der Waals surface area contributed by atoms with E-state index in [1.54, 1.807) is 0 Å². The first-order chi connectivity index (χ1) is 17.6. The topological polar surface area (TPSA) is 64.3 Å². The molecule has 0 radical (unpaired) electrons. The number of hydrogen-bond donors (Lipinski definition) is 2. The van der Waals surface area contributed by atoms with Crippen LogP contribution in [0.4, 0.5) is 11.4 Å².